The highest BCUT2D eigenvalue weighted by atomic mass is 16.5. The Balaban J connectivity index is 2.19. The molecule has 2 N–H and O–H groups in total. The second-order valence-corrected chi connectivity index (χ2v) is 5.06. The molecule has 0 radical (unpaired) electrons. The molecule has 2 aromatic carbocycles. The van der Waals surface area contributed by atoms with Crippen molar-refractivity contribution < 1.29 is 24.2 Å². The van der Waals surface area contributed by atoms with Gasteiger partial charge in [0, 0.05) is 5.56 Å². The molecule has 0 saturated heterocycles. The Morgan fingerprint density at radius 1 is 1.00 bits per heavy atom. The van der Waals surface area contributed by atoms with E-state index < -0.39 is 24.0 Å². The van der Waals surface area contributed by atoms with Gasteiger partial charge in [0.25, 0.3) is 5.91 Å². The van der Waals surface area contributed by atoms with Gasteiger partial charge < -0.3 is 19.9 Å². The minimum absolute atomic E-state index is 0.338. The summed E-state index contributed by atoms with van der Waals surface area (Å²) in [6.07, 6.45) is -1.22. The number of aliphatic hydroxyl groups excluding tert-OH is 1. The van der Waals surface area contributed by atoms with Crippen molar-refractivity contribution in [3.05, 3.63) is 65.7 Å². The molecule has 0 bridgehead atoms. The molecule has 0 fully saturated rings. The number of amides is 1. The minimum atomic E-state index is -1.22. The first-order chi connectivity index (χ1) is 11.6. The highest BCUT2D eigenvalue weighted by Crippen LogP contribution is 2.18. The molecule has 6 nitrogen and oxygen atoms in total. The monoisotopic (exact) mass is 329 g/mol. The molecular weight excluding hydrogens is 310 g/mol. The van der Waals surface area contributed by atoms with Crippen LogP contribution in [0.25, 0.3) is 0 Å². The van der Waals surface area contributed by atoms with E-state index in [1.807, 2.05) is 0 Å². The van der Waals surface area contributed by atoms with Crippen LogP contribution in [0.15, 0.2) is 54.6 Å². The number of ether oxygens (including phenoxy) is 2. The van der Waals surface area contributed by atoms with Crippen molar-refractivity contribution in [1.29, 1.82) is 0 Å². The van der Waals surface area contributed by atoms with Crippen molar-refractivity contribution in [2.24, 2.45) is 0 Å². The molecule has 0 aliphatic rings. The van der Waals surface area contributed by atoms with E-state index in [4.69, 9.17) is 9.47 Å². The van der Waals surface area contributed by atoms with Crippen LogP contribution in [0.5, 0.6) is 5.75 Å². The zero-order chi connectivity index (χ0) is 17.5. The summed E-state index contributed by atoms with van der Waals surface area (Å²) in [6, 6.07) is 13.8. The summed E-state index contributed by atoms with van der Waals surface area (Å²) in [5.74, 6) is -0.614. The number of carbonyl (C=O) groups excluding carboxylic acids is 2. The predicted octanol–water partition coefficient (Wildman–Crippen LogP) is 1.70. The maximum Gasteiger partial charge on any atom is 0.331 e. The van der Waals surface area contributed by atoms with Crippen LogP contribution in [0.4, 0.5) is 0 Å². The zero-order valence-corrected chi connectivity index (χ0v) is 13.4. The molecule has 0 saturated carbocycles. The summed E-state index contributed by atoms with van der Waals surface area (Å²) in [5.41, 5.74) is 0.841. The van der Waals surface area contributed by atoms with Crippen molar-refractivity contribution in [3.8, 4) is 5.75 Å². The lowest BCUT2D eigenvalue weighted by Gasteiger charge is -2.22. The Hall–Kier alpha value is -2.86. The van der Waals surface area contributed by atoms with Crippen LogP contribution in [0.3, 0.4) is 0 Å². The smallest absolute Gasteiger partial charge is 0.331 e. The maximum atomic E-state index is 12.3. The van der Waals surface area contributed by atoms with Gasteiger partial charge in [-0.1, -0.05) is 30.3 Å². The number of nitrogens with one attached hydrogen (secondary N) is 1. The number of benzene rings is 2. The lowest BCUT2D eigenvalue weighted by atomic mass is 10.0. The van der Waals surface area contributed by atoms with Crippen LogP contribution in [-0.2, 0) is 9.53 Å². The quantitative estimate of drug-likeness (QED) is 0.788. The van der Waals surface area contributed by atoms with Gasteiger partial charge in [0.05, 0.1) is 14.2 Å². The summed E-state index contributed by atoms with van der Waals surface area (Å²) in [5, 5.41) is 12.9. The van der Waals surface area contributed by atoms with Gasteiger partial charge in [0.1, 0.15) is 11.9 Å². The highest BCUT2D eigenvalue weighted by Gasteiger charge is 2.30. The molecule has 126 valence electrons. The molecule has 0 spiro atoms. The highest BCUT2D eigenvalue weighted by molar-refractivity contribution is 5.97. The number of hydrogen-bond acceptors (Lipinski definition) is 5. The summed E-state index contributed by atoms with van der Waals surface area (Å²) >= 11 is 0. The largest absolute Gasteiger partial charge is 0.497 e. The summed E-state index contributed by atoms with van der Waals surface area (Å²) in [7, 11) is 2.73. The van der Waals surface area contributed by atoms with Gasteiger partial charge in [-0.25, -0.2) is 4.79 Å². The van der Waals surface area contributed by atoms with E-state index in [9.17, 15) is 14.7 Å². The first kappa shape index (κ1) is 17.5. The van der Waals surface area contributed by atoms with Crippen molar-refractivity contribution in [1.82, 2.24) is 5.32 Å². The Morgan fingerprint density at radius 3 is 2.17 bits per heavy atom. The molecule has 0 aromatic heterocycles. The molecule has 24 heavy (non-hydrogen) atoms. The van der Waals surface area contributed by atoms with Crippen LogP contribution in [-0.4, -0.2) is 37.2 Å². The molecule has 2 rings (SSSR count). The molecule has 0 heterocycles. The second kappa shape index (κ2) is 8.12. The number of hydrogen-bond donors (Lipinski definition) is 2. The normalized spacial score (nSPS) is 12.8. The van der Waals surface area contributed by atoms with E-state index in [-0.39, 0.29) is 0 Å². The number of esters is 1. The maximum absolute atomic E-state index is 12.3. The van der Waals surface area contributed by atoms with E-state index in [0.29, 0.717) is 16.9 Å². The number of aliphatic hydroxyl groups is 1. The van der Waals surface area contributed by atoms with Gasteiger partial charge in [0.2, 0.25) is 0 Å². The SMILES string of the molecule is COC(=O)[C@@H](NC(=O)c1ccc(OC)cc1)C(O)c1ccccc1. The average Bonchev–Trinajstić information content (AvgIpc) is 2.65. The van der Waals surface area contributed by atoms with Gasteiger partial charge in [-0.05, 0) is 29.8 Å². The summed E-state index contributed by atoms with van der Waals surface area (Å²) in [4.78, 5) is 24.3. The molecule has 2 atom stereocenters. The van der Waals surface area contributed by atoms with E-state index in [2.05, 4.69) is 5.32 Å². The van der Waals surface area contributed by atoms with E-state index >= 15 is 0 Å². The molecule has 1 amide bonds. The fourth-order valence-corrected chi connectivity index (χ4v) is 2.20. The van der Waals surface area contributed by atoms with E-state index in [0.717, 1.165) is 0 Å². The Kier molecular flexibility index (Phi) is 5.92. The zero-order valence-electron chi connectivity index (χ0n) is 13.4. The Labute approximate surface area is 140 Å². The van der Waals surface area contributed by atoms with Crippen LogP contribution in [0.1, 0.15) is 22.0 Å². The van der Waals surface area contributed by atoms with E-state index in [1.165, 1.54) is 14.2 Å². The molecular formula is C18H19NO5. The first-order valence-corrected chi connectivity index (χ1v) is 7.32. The number of methoxy groups -OCH3 is 2. The second-order valence-electron chi connectivity index (χ2n) is 5.06. The minimum Gasteiger partial charge on any atom is -0.497 e. The first-order valence-electron chi connectivity index (χ1n) is 7.32. The third-order valence-electron chi connectivity index (χ3n) is 3.55. The third-order valence-corrected chi connectivity index (χ3v) is 3.55. The Morgan fingerprint density at radius 2 is 1.62 bits per heavy atom. The van der Waals surface area contributed by atoms with Gasteiger partial charge >= 0.3 is 5.97 Å². The van der Waals surface area contributed by atoms with Crippen LogP contribution in [0.2, 0.25) is 0 Å². The number of rotatable bonds is 6. The number of carbonyl (C=O) groups is 2. The van der Waals surface area contributed by atoms with Gasteiger partial charge in [0.15, 0.2) is 6.04 Å². The molecule has 1 unspecified atom stereocenters. The van der Waals surface area contributed by atoms with Crippen LogP contribution < -0.4 is 10.1 Å². The summed E-state index contributed by atoms with van der Waals surface area (Å²) in [6.45, 7) is 0. The van der Waals surface area contributed by atoms with Crippen molar-refractivity contribution in [2.45, 2.75) is 12.1 Å². The molecule has 2 aromatic rings. The van der Waals surface area contributed by atoms with Crippen LogP contribution >= 0.6 is 0 Å². The van der Waals surface area contributed by atoms with Crippen LogP contribution in [0, 0.1) is 0 Å². The lowest BCUT2D eigenvalue weighted by Crippen LogP contribution is -2.45. The van der Waals surface area contributed by atoms with Gasteiger partial charge in [-0.15, -0.1) is 0 Å². The van der Waals surface area contributed by atoms with Gasteiger partial charge in [-0.3, -0.25) is 4.79 Å². The van der Waals surface area contributed by atoms with E-state index in [1.54, 1.807) is 54.6 Å². The van der Waals surface area contributed by atoms with Crippen molar-refractivity contribution >= 4 is 11.9 Å². The predicted molar refractivity (Wildman–Crippen MR) is 87.7 cm³/mol. The fourth-order valence-electron chi connectivity index (χ4n) is 2.20. The average molecular weight is 329 g/mol. The summed E-state index contributed by atoms with van der Waals surface area (Å²) < 4.78 is 9.73. The van der Waals surface area contributed by atoms with Gasteiger partial charge in [-0.2, -0.15) is 0 Å². The fraction of sp³-hybridized carbons (Fsp3) is 0.222. The molecule has 0 aliphatic carbocycles. The third kappa shape index (κ3) is 4.11. The Bertz CT molecular complexity index is 684. The molecule has 6 heteroatoms. The molecule has 0 aliphatic heterocycles. The standard InChI is InChI=1S/C18H19NO5/c1-23-14-10-8-13(9-11-14)17(21)19-15(18(22)24-2)16(20)12-6-4-3-5-7-12/h3-11,15-16,20H,1-2H3,(H,19,21)/t15-,16?/m0/s1. The topological polar surface area (TPSA) is 84.9 Å². The van der Waals surface area contributed by atoms with Crippen molar-refractivity contribution in [2.75, 3.05) is 14.2 Å². The van der Waals surface area contributed by atoms with Crippen molar-refractivity contribution in [3.63, 3.8) is 0 Å². The lowest BCUT2D eigenvalue weighted by molar-refractivity contribution is -0.146.